The molecule has 0 atom stereocenters. The van der Waals surface area contributed by atoms with Gasteiger partial charge in [-0.05, 0) is 52.0 Å². The van der Waals surface area contributed by atoms with Crippen LogP contribution in [-0.2, 0) is 6.54 Å². The third-order valence-corrected chi connectivity index (χ3v) is 3.09. The van der Waals surface area contributed by atoms with Crippen molar-refractivity contribution < 1.29 is 9.26 Å². The predicted octanol–water partition coefficient (Wildman–Crippen LogP) is 3.01. The van der Waals surface area contributed by atoms with Crippen LogP contribution in [0.3, 0.4) is 0 Å². The van der Waals surface area contributed by atoms with Gasteiger partial charge in [0, 0.05) is 11.3 Å². The molecule has 22 heavy (non-hydrogen) atoms. The van der Waals surface area contributed by atoms with E-state index < -0.39 is 0 Å². The highest BCUT2D eigenvalue weighted by atomic mass is 16.5. The van der Waals surface area contributed by atoms with Gasteiger partial charge in [-0.25, -0.2) is 4.99 Å². The number of aliphatic imine (C=N–C) groups is 1. The Morgan fingerprint density at radius 1 is 1.32 bits per heavy atom. The number of aromatic nitrogens is 1. The lowest BCUT2D eigenvalue weighted by Gasteiger charge is -2.10. The molecule has 118 valence electrons. The van der Waals surface area contributed by atoms with E-state index in [0.717, 1.165) is 28.5 Å². The van der Waals surface area contributed by atoms with Gasteiger partial charge in [0.25, 0.3) is 0 Å². The van der Waals surface area contributed by atoms with Gasteiger partial charge in [-0.15, -0.1) is 0 Å². The van der Waals surface area contributed by atoms with Crippen LogP contribution >= 0.6 is 0 Å². The largest absolute Gasteiger partial charge is 0.491 e. The number of nitrogens with two attached hydrogens (primary N) is 1. The Morgan fingerprint density at radius 2 is 2.00 bits per heavy atom. The maximum atomic E-state index is 5.90. The average molecular weight is 302 g/mol. The maximum absolute atomic E-state index is 5.90. The van der Waals surface area contributed by atoms with Crippen molar-refractivity contribution >= 4 is 11.6 Å². The molecule has 3 N–H and O–H groups in total. The summed E-state index contributed by atoms with van der Waals surface area (Å²) in [6, 6.07) is 7.58. The number of rotatable bonds is 5. The summed E-state index contributed by atoms with van der Waals surface area (Å²) in [7, 11) is 0. The maximum Gasteiger partial charge on any atom is 0.193 e. The van der Waals surface area contributed by atoms with Gasteiger partial charge in [-0.2, -0.15) is 0 Å². The Hall–Kier alpha value is -2.50. The van der Waals surface area contributed by atoms with Crippen molar-refractivity contribution in [3.8, 4) is 5.75 Å². The number of ether oxygens (including phenoxy) is 1. The molecule has 0 saturated carbocycles. The minimum Gasteiger partial charge on any atom is -0.491 e. The molecule has 0 aliphatic rings. The van der Waals surface area contributed by atoms with Gasteiger partial charge < -0.3 is 20.3 Å². The fourth-order valence-corrected chi connectivity index (χ4v) is 1.97. The SMILES string of the molecule is Cc1noc(C)c1CN=C(N)Nc1ccc(OC(C)C)cc1. The van der Waals surface area contributed by atoms with Gasteiger partial charge in [-0.3, -0.25) is 0 Å². The van der Waals surface area contributed by atoms with Crippen molar-refractivity contribution in [2.75, 3.05) is 5.32 Å². The molecule has 6 nitrogen and oxygen atoms in total. The summed E-state index contributed by atoms with van der Waals surface area (Å²) in [6.45, 7) is 8.17. The van der Waals surface area contributed by atoms with Crippen molar-refractivity contribution in [3.63, 3.8) is 0 Å². The number of hydrogen-bond acceptors (Lipinski definition) is 4. The Morgan fingerprint density at radius 3 is 2.55 bits per heavy atom. The zero-order chi connectivity index (χ0) is 16.1. The molecule has 0 amide bonds. The van der Waals surface area contributed by atoms with Crippen LogP contribution in [0.4, 0.5) is 5.69 Å². The fraction of sp³-hybridized carbons (Fsp3) is 0.375. The molecular weight excluding hydrogens is 280 g/mol. The van der Waals surface area contributed by atoms with E-state index in [4.69, 9.17) is 15.0 Å². The number of hydrogen-bond donors (Lipinski definition) is 2. The Balaban J connectivity index is 1.96. The first-order valence-electron chi connectivity index (χ1n) is 7.21. The van der Waals surface area contributed by atoms with Crippen LogP contribution in [0, 0.1) is 13.8 Å². The molecule has 2 rings (SSSR count). The molecule has 0 spiro atoms. The summed E-state index contributed by atoms with van der Waals surface area (Å²) in [6.07, 6.45) is 0.153. The van der Waals surface area contributed by atoms with Crippen LogP contribution in [0.5, 0.6) is 5.75 Å². The van der Waals surface area contributed by atoms with Crippen molar-refractivity contribution in [1.82, 2.24) is 5.16 Å². The average Bonchev–Trinajstić information content (AvgIpc) is 2.77. The van der Waals surface area contributed by atoms with Crippen LogP contribution in [0.2, 0.25) is 0 Å². The van der Waals surface area contributed by atoms with Crippen molar-refractivity contribution in [1.29, 1.82) is 0 Å². The van der Waals surface area contributed by atoms with Crippen molar-refractivity contribution in [3.05, 3.63) is 41.3 Å². The zero-order valence-corrected chi connectivity index (χ0v) is 13.4. The molecule has 1 aromatic carbocycles. The normalized spacial score (nSPS) is 11.8. The fourth-order valence-electron chi connectivity index (χ4n) is 1.97. The first kappa shape index (κ1) is 15.9. The lowest BCUT2D eigenvalue weighted by Crippen LogP contribution is -2.22. The summed E-state index contributed by atoms with van der Waals surface area (Å²) < 4.78 is 10.7. The molecular formula is C16H22N4O2. The second-order valence-electron chi connectivity index (χ2n) is 5.32. The molecule has 0 aliphatic heterocycles. The van der Waals surface area contributed by atoms with Crippen LogP contribution < -0.4 is 15.8 Å². The molecule has 0 aliphatic carbocycles. The van der Waals surface area contributed by atoms with E-state index in [0.29, 0.717) is 12.5 Å². The summed E-state index contributed by atoms with van der Waals surface area (Å²) in [4.78, 5) is 4.31. The van der Waals surface area contributed by atoms with E-state index in [1.54, 1.807) is 0 Å². The van der Waals surface area contributed by atoms with Crippen LogP contribution in [0.1, 0.15) is 30.9 Å². The monoisotopic (exact) mass is 302 g/mol. The van der Waals surface area contributed by atoms with Gasteiger partial charge in [0.05, 0.1) is 18.3 Å². The first-order chi connectivity index (χ1) is 10.5. The summed E-state index contributed by atoms with van der Waals surface area (Å²) in [5.74, 6) is 1.94. The van der Waals surface area contributed by atoms with E-state index >= 15 is 0 Å². The highest BCUT2D eigenvalue weighted by Crippen LogP contribution is 2.17. The van der Waals surface area contributed by atoms with E-state index in [1.165, 1.54) is 0 Å². The number of aryl methyl sites for hydroxylation is 2. The highest BCUT2D eigenvalue weighted by molar-refractivity contribution is 5.92. The highest BCUT2D eigenvalue weighted by Gasteiger charge is 2.08. The quantitative estimate of drug-likeness (QED) is 0.655. The molecule has 0 bridgehead atoms. The van der Waals surface area contributed by atoms with E-state index in [-0.39, 0.29) is 6.10 Å². The minimum absolute atomic E-state index is 0.153. The molecule has 0 radical (unpaired) electrons. The summed E-state index contributed by atoms with van der Waals surface area (Å²) in [5, 5.41) is 6.94. The summed E-state index contributed by atoms with van der Waals surface area (Å²) in [5.41, 5.74) is 8.56. The lowest BCUT2D eigenvalue weighted by molar-refractivity contribution is 0.242. The topological polar surface area (TPSA) is 85.7 Å². The molecule has 1 heterocycles. The van der Waals surface area contributed by atoms with Gasteiger partial charge >= 0.3 is 0 Å². The van der Waals surface area contributed by atoms with Crippen LogP contribution in [0.25, 0.3) is 0 Å². The molecule has 0 fully saturated rings. The third-order valence-electron chi connectivity index (χ3n) is 3.09. The van der Waals surface area contributed by atoms with Gasteiger partial charge in [-0.1, -0.05) is 5.16 Å². The Labute approximate surface area is 130 Å². The van der Waals surface area contributed by atoms with Gasteiger partial charge in [0.1, 0.15) is 11.5 Å². The second kappa shape index (κ2) is 6.98. The lowest BCUT2D eigenvalue weighted by atomic mass is 10.2. The molecule has 2 aromatic rings. The van der Waals surface area contributed by atoms with Crippen LogP contribution in [-0.4, -0.2) is 17.2 Å². The third kappa shape index (κ3) is 4.25. The van der Waals surface area contributed by atoms with E-state index in [2.05, 4.69) is 15.5 Å². The van der Waals surface area contributed by atoms with Crippen molar-refractivity contribution in [2.24, 2.45) is 10.7 Å². The first-order valence-corrected chi connectivity index (χ1v) is 7.21. The molecule has 1 aromatic heterocycles. The standard InChI is InChI=1S/C16H22N4O2/c1-10(2)21-14-7-5-13(6-8-14)19-16(17)18-9-15-11(3)20-22-12(15)4/h5-8,10H,9H2,1-4H3,(H3,17,18,19). The minimum atomic E-state index is 0.153. The van der Waals surface area contributed by atoms with Crippen LogP contribution in [0.15, 0.2) is 33.8 Å². The number of benzene rings is 1. The second-order valence-corrected chi connectivity index (χ2v) is 5.32. The van der Waals surface area contributed by atoms with E-state index in [9.17, 15) is 0 Å². The Kier molecular flexibility index (Phi) is 5.04. The number of nitrogens with zero attached hydrogens (tertiary/aromatic N) is 2. The summed E-state index contributed by atoms with van der Waals surface area (Å²) >= 11 is 0. The smallest absolute Gasteiger partial charge is 0.193 e. The predicted molar refractivity (Wildman–Crippen MR) is 87.1 cm³/mol. The molecule has 0 saturated heterocycles. The number of anilines is 1. The number of guanidine groups is 1. The molecule has 0 unspecified atom stereocenters. The van der Waals surface area contributed by atoms with E-state index in [1.807, 2.05) is 52.0 Å². The van der Waals surface area contributed by atoms with Gasteiger partial charge in [0.2, 0.25) is 0 Å². The molecule has 6 heteroatoms. The van der Waals surface area contributed by atoms with Gasteiger partial charge in [0.15, 0.2) is 5.96 Å². The van der Waals surface area contributed by atoms with Crippen molar-refractivity contribution in [2.45, 2.75) is 40.3 Å². The zero-order valence-electron chi connectivity index (χ0n) is 13.4. The Bertz CT molecular complexity index is 625. The number of nitrogens with one attached hydrogen (secondary N) is 1.